The number of carbonyl (C=O) groups excluding carboxylic acids is 1. The van der Waals surface area contributed by atoms with Crippen LogP contribution in [0, 0.1) is 11.8 Å². The molecule has 0 saturated carbocycles. The summed E-state index contributed by atoms with van der Waals surface area (Å²) in [5.74, 6) is 0.293. The zero-order valence-electron chi connectivity index (χ0n) is 13.3. The van der Waals surface area contributed by atoms with Gasteiger partial charge in [-0.1, -0.05) is 26.7 Å². The van der Waals surface area contributed by atoms with Crippen LogP contribution in [0.2, 0.25) is 0 Å². The quantitative estimate of drug-likeness (QED) is 0.871. The fourth-order valence-electron chi connectivity index (χ4n) is 3.59. The molecule has 0 bridgehead atoms. The van der Waals surface area contributed by atoms with Crippen molar-refractivity contribution in [3.8, 4) is 0 Å². The highest BCUT2D eigenvalue weighted by atomic mass is 16.4. The van der Waals surface area contributed by atoms with Crippen LogP contribution >= 0.6 is 0 Å². The van der Waals surface area contributed by atoms with E-state index in [1.807, 2.05) is 4.90 Å². The van der Waals surface area contributed by atoms with Crippen molar-refractivity contribution in [2.75, 3.05) is 19.6 Å². The van der Waals surface area contributed by atoms with Gasteiger partial charge in [-0.05, 0) is 37.5 Å². The SMILES string of the molecule is CCC1CCN(C(=O)N2CCC(CC)CC2C(=O)O)CC1. The van der Waals surface area contributed by atoms with Crippen molar-refractivity contribution >= 4 is 12.0 Å². The number of hydrogen-bond donors (Lipinski definition) is 1. The van der Waals surface area contributed by atoms with E-state index in [0.717, 1.165) is 44.7 Å². The molecule has 0 aromatic rings. The molecule has 2 heterocycles. The maximum atomic E-state index is 12.6. The minimum atomic E-state index is -0.857. The molecule has 0 aromatic carbocycles. The lowest BCUT2D eigenvalue weighted by Gasteiger charge is -2.41. The van der Waals surface area contributed by atoms with Crippen LogP contribution in [-0.4, -0.2) is 52.6 Å². The second-order valence-corrected chi connectivity index (χ2v) is 6.47. The van der Waals surface area contributed by atoms with Crippen molar-refractivity contribution in [3.05, 3.63) is 0 Å². The lowest BCUT2D eigenvalue weighted by atomic mass is 9.89. The summed E-state index contributed by atoms with van der Waals surface area (Å²) >= 11 is 0. The molecule has 2 aliphatic rings. The lowest BCUT2D eigenvalue weighted by Crippen LogP contribution is -2.55. The topological polar surface area (TPSA) is 60.9 Å². The van der Waals surface area contributed by atoms with E-state index in [9.17, 15) is 14.7 Å². The third-order valence-corrected chi connectivity index (χ3v) is 5.28. The van der Waals surface area contributed by atoms with Crippen molar-refractivity contribution in [2.24, 2.45) is 11.8 Å². The van der Waals surface area contributed by atoms with Gasteiger partial charge in [0.15, 0.2) is 0 Å². The molecule has 120 valence electrons. The van der Waals surface area contributed by atoms with Gasteiger partial charge in [0.25, 0.3) is 0 Å². The molecule has 2 amide bonds. The Morgan fingerprint density at radius 3 is 2.10 bits per heavy atom. The average molecular weight is 296 g/mol. The molecule has 1 N–H and O–H groups in total. The van der Waals surface area contributed by atoms with E-state index in [1.54, 1.807) is 4.90 Å². The number of hydrogen-bond acceptors (Lipinski definition) is 2. The molecular formula is C16H28N2O3. The van der Waals surface area contributed by atoms with Crippen molar-refractivity contribution in [1.82, 2.24) is 9.80 Å². The van der Waals surface area contributed by atoms with E-state index in [0.29, 0.717) is 18.9 Å². The van der Waals surface area contributed by atoms with Crippen molar-refractivity contribution in [1.29, 1.82) is 0 Å². The zero-order valence-corrected chi connectivity index (χ0v) is 13.3. The van der Waals surface area contributed by atoms with Crippen LogP contribution in [0.5, 0.6) is 0 Å². The van der Waals surface area contributed by atoms with E-state index in [2.05, 4.69) is 13.8 Å². The minimum absolute atomic E-state index is 0.0634. The Balaban J connectivity index is 1.98. The van der Waals surface area contributed by atoms with Gasteiger partial charge < -0.3 is 14.9 Å². The largest absolute Gasteiger partial charge is 0.480 e. The van der Waals surface area contributed by atoms with Crippen LogP contribution in [0.15, 0.2) is 0 Å². The Kier molecular flexibility index (Phi) is 5.48. The minimum Gasteiger partial charge on any atom is -0.480 e. The summed E-state index contributed by atoms with van der Waals surface area (Å²) in [6.07, 6.45) is 5.78. The number of nitrogens with zero attached hydrogens (tertiary/aromatic N) is 2. The lowest BCUT2D eigenvalue weighted by molar-refractivity contribution is -0.144. The zero-order chi connectivity index (χ0) is 15.4. The Labute approximate surface area is 127 Å². The van der Waals surface area contributed by atoms with Gasteiger partial charge in [0, 0.05) is 19.6 Å². The van der Waals surface area contributed by atoms with Gasteiger partial charge in [0.2, 0.25) is 0 Å². The first-order chi connectivity index (χ1) is 10.1. The highest BCUT2D eigenvalue weighted by molar-refractivity contribution is 5.83. The van der Waals surface area contributed by atoms with Crippen molar-refractivity contribution in [3.63, 3.8) is 0 Å². The highest BCUT2D eigenvalue weighted by Crippen LogP contribution is 2.28. The molecule has 0 aromatic heterocycles. The summed E-state index contributed by atoms with van der Waals surface area (Å²) in [7, 11) is 0. The molecule has 5 nitrogen and oxygen atoms in total. The molecule has 2 fully saturated rings. The number of piperidine rings is 2. The van der Waals surface area contributed by atoms with Crippen LogP contribution in [0.25, 0.3) is 0 Å². The number of carboxylic acids is 1. The van der Waals surface area contributed by atoms with E-state index in [-0.39, 0.29) is 6.03 Å². The summed E-state index contributed by atoms with van der Waals surface area (Å²) in [6, 6.07) is -0.702. The van der Waals surface area contributed by atoms with Gasteiger partial charge in [-0.25, -0.2) is 9.59 Å². The van der Waals surface area contributed by atoms with Crippen molar-refractivity contribution < 1.29 is 14.7 Å². The fraction of sp³-hybridized carbons (Fsp3) is 0.875. The van der Waals surface area contributed by atoms with E-state index in [1.165, 1.54) is 6.42 Å². The molecule has 0 radical (unpaired) electrons. The van der Waals surface area contributed by atoms with Gasteiger partial charge in [-0.3, -0.25) is 0 Å². The third-order valence-electron chi connectivity index (χ3n) is 5.28. The summed E-state index contributed by atoms with van der Waals surface area (Å²) in [4.78, 5) is 27.6. The van der Waals surface area contributed by atoms with Gasteiger partial charge >= 0.3 is 12.0 Å². The van der Waals surface area contributed by atoms with Crippen molar-refractivity contribution in [2.45, 2.75) is 58.4 Å². The predicted octanol–water partition coefficient (Wildman–Crippen LogP) is 2.80. The number of carboxylic acid groups (broad SMARTS) is 1. The summed E-state index contributed by atoms with van der Waals surface area (Å²) in [6.45, 7) is 6.42. The van der Waals surface area contributed by atoms with Crippen LogP contribution in [0.1, 0.15) is 52.4 Å². The first kappa shape index (κ1) is 16.1. The number of amides is 2. The monoisotopic (exact) mass is 296 g/mol. The number of aliphatic carboxylic acids is 1. The van der Waals surface area contributed by atoms with Gasteiger partial charge in [-0.15, -0.1) is 0 Å². The van der Waals surface area contributed by atoms with Crippen LogP contribution in [0.3, 0.4) is 0 Å². The van der Waals surface area contributed by atoms with Gasteiger partial charge in [-0.2, -0.15) is 0 Å². The third kappa shape index (κ3) is 3.69. The number of carbonyl (C=O) groups is 2. The molecule has 5 heteroatoms. The first-order valence-electron chi connectivity index (χ1n) is 8.35. The Morgan fingerprint density at radius 1 is 1.00 bits per heavy atom. The number of rotatable bonds is 3. The second kappa shape index (κ2) is 7.14. The highest BCUT2D eigenvalue weighted by Gasteiger charge is 2.38. The van der Waals surface area contributed by atoms with Crippen LogP contribution in [-0.2, 0) is 4.79 Å². The molecular weight excluding hydrogens is 268 g/mol. The Morgan fingerprint density at radius 2 is 1.57 bits per heavy atom. The normalized spacial score (nSPS) is 27.7. The first-order valence-corrected chi connectivity index (χ1v) is 8.35. The van der Waals surface area contributed by atoms with E-state index in [4.69, 9.17) is 0 Å². The van der Waals surface area contributed by atoms with Gasteiger partial charge in [0.1, 0.15) is 6.04 Å². The molecule has 0 aliphatic carbocycles. The second-order valence-electron chi connectivity index (χ2n) is 6.47. The van der Waals surface area contributed by atoms with Gasteiger partial charge in [0.05, 0.1) is 0 Å². The molecule has 2 saturated heterocycles. The number of urea groups is 1. The maximum absolute atomic E-state index is 12.6. The fourth-order valence-corrected chi connectivity index (χ4v) is 3.59. The number of likely N-dealkylation sites (tertiary alicyclic amines) is 2. The molecule has 2 aliphatic heterocycles. The molecule has 21 heavy (non-hydrogen) atoms. The molecule has 2 rings (SSSR count). The molecule has 0 spiro atoms. The maximum Gasteiger partial charge on any atom is 0.326 e. The summed E-state index contributed by atoms with van der Waals surface area (Å²) in [5.41, 5.74) is 0. The molecule has 2 unspecified atom stereocenters. The predicted molar refractivity (Wildman–Crippen MR) is 81.1 cm³/mol. The smallest absolute Gasteiger partial charge is 0.326 e. The van der Waals surface area contributed by atoms with E-state index >= 15 is 0 Å². The molecule has 2 atom stereocenters. The Hall–Kier alpha value is -1.26. The summed E-state index contributed by atoms with van der Waals surface area (Å²) in [5, 5.41) is 9.44. The summed E-state index contributed by atoms with van der Waals surface area (Å²) < 4.78 is 0. The van der Waals surface area contributed by atoms with Crippen LogP contribution < -0.4 is 0 Å². The average Bonchev–Trinajstić information content (AvgIpc) is 2.53. The van der Waals surface area contributed by atoms with Crippen LogP contribution in [0.4, 0.5) is 4.79 Å². The van der Waals surface area contributed by atoms with E-state index < -0.39 is 12.0 Å². The Bertz CT molecular complexity index is 378. The standard InChI is InChI=1S/C16H28N2O3/c1-3-12-5-8-17(9-6-12)16(21)18-10-7-13(4-2)11-14(18)15(19)20/h12-14H,3-11H2,1-2H3,(H,19,20).